The largest absolute Gasteiger partial charge is 0.383 e. The minimum atomic E-state index is -3.27. The van der Waals surface area contributed by atoms with E-state index in [0.29, 0.717) is 32.3 Å². The lowest BCUT2D eigenvalue weighted by atomic mass is 10.3. The van der Waals surface area contributed by atoms with E-state index in [-0.39, 0.29) is 11.8 Å². The molecule has 0 spiro atoms. The Bertz CT molecular complexity index is 344. The Balaban J connectivity index is 2.52. The lowest BCUT2D eigenvalue weighted by Gasteiger charge is -2.27. The molecule has 6 nitrogen and oxygen atoms in total. The molecule has 0 aliphatic heterocycles. The van der Waals surface area contributed by atoms with Crippen molar-refractivity contribution in [3.63, 3.8) is 0 Å². The molecular formula is C12H26N2O4S. The van der Waals surface area contributed by atoms with E-state index in [9.17, 15) is 8.42 Å². The van der Waals surface area contributed by atoms with Gasteiger partial charge < -0.3 is 14.8 Å². The number of nitrogens with one attached hydrogen (secondary N) is 1. The van der Waals surface area contributed by atoms with Crippen LogP contribution < -0.4 is 5.32 Å². The molecule has 1 saturated carbocycles. The van der Waals surface area contributed by atoms with Crippen molar-refractivity contribution in [2.24, 2.45) is 0 Å². The van der Waals surface area contributed by atoms with Crippen molar-refractivity contribution in [1.82, 2.24) is 9.62 Å². The maximum atomic E-state index is 12.3. The molecule has 0 heterocycles. The third kappa shape index (κ3) is 6.18. The van der Waals surface area contributed by atoms with Crippen LogP contribution in [0.5, 0.6) is 0 Å². The smallest absolute Gasteiger partial charge is 0.215 e. The van der Waals surface area contributed by atoms with Gasteiger partial charge in [0.25, 0.3) is 0 Å². The van der Waals surface area contributed by atoms with Gasteiger partial charge >= 0.3 is 0 Å². The molecule has 0 bridgehead atoms. The number of hydrogen-bond donors (Lipinski definition) is 1. The van der Waals surface area contributed by atoms with Crippen molar-refractivity contribution < 1.29 is 17.9 Å². The summed E-state index contributed by atoms with van der Waals surface area (Å²) in [4.78, 5) is 0. The Morgan fingerprint density at radius 3 is 2.53 bits per heavy atom. The van der Waals surface area contributed by atoms with E-state index < -0.39 is 10.0 Å². The average molecular weight is 294 g/mol. The van der Waals surface area contributed by atoms with Crippen molar-refractivity contribution in [3.05, 3.63) is 0 Å². The van der Waals surface area contributed by atoms with Gasteiger partial charge in [0.05, 0.1) is 19.0 Å². The summed E-state index contributed by atoms with van der Waals surface area (Å²) in [6.07, 6.45) is 2.32. The van der Waals surface area contributed by atoms with Crippen LogP contribution in [0.3, 0.4) is 0 Å². The number of rotatable bonds is 11. The van der Waals surface area contributed by atoms with E-state index in [1.165, 1.54) is 4.31 Å². The highest BCUT2D eigenvalue weighted by Gasteiger charge is 2.28. The van der Waals surface area contributed by atoms with Crippen molar-refractivity contribution in [2.45, 2.75) is 31.8 Å². The van der Waals surface area contributed by atoms with Crippen LogP contribution >= 0.6 is 0 Å². The zero-order chi connectivity index (χ0) is 14.3. The van der Waals surface area contributed by atoms with E-state index >= 15 is 0 Å². The Kier molecular flexibility index (Phi) is 7.23. The number of nitrogens with zero attached hydrogens (tertiary/aromatic N) is 1. The van der Waals surface area contributed by atoms with Crippen LogP contribution in [-0.2, 0) is 19.5 Å². The lowest BCUT2D eigenvalue weighted by molar-refractivity contribution is 0.119. The van der Waals surface area contributed by atoms with Gasteiger partial charge in [-0.3, -0.25) is 0 Å². The summed E-state index contributed by atoms with van der Waals surface area (Å²) in [6, 6.07) is 0.352. The molecule has 0 amide bonds. The second-order valence-corrected chi connectivity index (χ2v) is 6.99. The van der Waals surface area contributed by atoms with Crippen LogP contribution in [0.15, 0.2) is 0 Å². The van der Waals surface area contributed by atoms with Crippen LogP contribution in [0.1, 0.15) is 19.8 Å². The molecule has 1 aliphatic carbocycles. The van der Waals surface area contributed by atoms with Gasteiger partial charge in [-0.2, -0.15) is 4.31 Å². The average Bonchev–Trinajstić information content (AvgIpc) is 3.13. The van der Waals surface area contributed by atoms with E-state index in [1.807, 2.05) is 6.92 Å². The maximum absolute atomic E-state index is 12.3. The second kappa shape index (κ2) is 8.16. The van der Waals surface area contributed by atoms with Crippen LogP contribution in [-0.4, -0.2) is 71.1 Å². The first-order chi connectivity index (χ1) is 9.01. The summed E-state index contributed by atoms with van der Waals surface area (Å²) in [5, 5.41) is 3.23. The number of ether oxygens (including phenoxy) is 2. The zero-order valence-corrected chi connectivity index (χ0v) is 12.9. The number of hydrogen-bond acceptors (Lipinski definition) is 5. The van der Waals surface area contributed by atoms with Crippen LogP contribution in [0.4, 0.5) is 0 Å². The minimum absolute atomic E-state index is 0.126. The van der Waals surface area contributed by atoms with Gasteiger partial charge in [-0.1, -0.05) is 0 Å². The topological polar surface area (TPSA) is 67.9 Å². The fourth-order valence-electron chi connectivity index (χ4n) is 1.94. The molecule has 0 aromatic carbocycles. The van der Waals surface area contributed by atoms with Gasteiger partial charge in [0.1, 0.15) is 0 Å². The van der Waals surface area contributed by atoms with Crippen molar-refractivity contribution in [3.8, 4) is 0 Å². The quantitative estimate of drug-likeness (QED) is 0.583. The van der Waals surface area contributed by atoms with Gasteiger partial charge in [-0.15, -0.1) is 0 Å². The second-order valence-electron chi connectivity index (χ2n) is 4.95. The molecule has 19 heavy (non-hydrogen) atoms. The lowest BCUT2D eigenvalue weighted by Crippen LogP contribution is -2.45. The van der Waals surface area contributed by atoms with Gasteiger partial charge in [0.2, 0.25) is 10.0 Å². The Hall–Kier alpha value is -0.210. The molecule has 0 radical (unpaired) electrons. The molecule has 1 rings (SSSR count). The van der Waals surface area contributed by atoms with Crippen molar-refractivity contribution >= 4 is 10.0 Å². The third-order valence-corrected chi connectivity index (χ3v) is 5.12. The summed E-state index contributed by atoms with van der Waals surface area (Å²) >= 11 is 0. The molecule has 0 saturated heterocycles. The van der Waals surface area contributed by atoms with Gasteiger partial charge in [0, 0.05) is 39.4 Å². The molecule has 0 aromatic heterocycles. The predicted molar refractivity (Wildman–Crippen MR) is 74.7 cm³/mol. The Labute approximate surface area is 116 Å². The Morgan fingerprint density at radius 2 is 2.00 bits per heavy atom. The van der Waals surface area contributed by atoms with E-state index in [0.717, 1.165) is 12.8 Å². The number of methoxy groups -OCH3 is 2. The normalized spacial score (nSPS) is 17.9. The SMILES string of the molecule is COCCN(C(C)COC)S(=O)(=O)CCNC1CC1. The van der Waals surface area contributed by atoms with Crippen LogP contribution in [0.25, 0.3) is 0 Å². The fraction of sp³-hybridized carbons (Fsp3) is 1.00. The summed E-state index contributed by atoms with van der Waals surface area (Å²) in [7, 11) is -0.128. The molecule has 1 fully saturated rings. The Morgan fingerprint density at radius 1 is 1.32 bits per heavy atom. The molecule has 1 atom stereocenters. The number of sulfonamides is 1. The first kappa shape index (κ1) is 16.8. The highest BCUT2D eigenvalue weighted by atomic mass is 32.2. The van der Waals surface area contributed by atoms with Crippen molar-refractivity contribution in [1.29, 1.82) is 0 Å². The fourth-order valence-corrected chi connectivity index (χ4v) is 3.51. The molecule has 1 aliphatic rings. The van der Waals surface area contributed by atoms with Crippen LogP contribution in [0.2, 0.25) is 0 Å². The molecule has 114 valence electrons. The summed E-state index contributed by atoms with van der Waals surface area (Å²) in [5.74, 6) is 0.126. The highest BCUT2D eigenvalue weighted by Crippen LogP contribution is 2.18. The van der Waals surface area contributed by atoms with Crippen molar-refractivity contribution in [2.75, 3.05) is 46.3 Å². The molecule has 1 unspecified atom stereocenters. The standard InChI is InChI=1S/C12H26N2O4S/c1-11(10-18-3)14(7-8-17-2)19(15,16)9-6-13-12-4-5-12/h11-13H,4-10H2,1-3H3. The van der Waals surface area contributed by atoms with E-state index in [1.54, 1.807) is 14.2 Å². The molecule has 7 heteroatoms. The first-order valence-electron chi connectivity index (χ1n) is 6.72. The highest BCUT2D eigenvalue weighted by molar-refractivity contribution is 7.89. The van der Waals surface area contributed by atoms with Gasteiger partial charge in [-0.25, -0.2) is 8.42 Å². The molecule has 0 aromatic rings. The summed E-state index contributed by atoms with van der Waals surface area (Å²) < 4.78 is 36.2. The first-order valence-corrected chi connectivity index (χ1v) is 8.33. The maximum Gasteiger partial charge on any atom is 0.215 e. The van der Waals surface area contributed by atoms with Gasteiger partial charge in [-0.05, 0) is 19.8 Å². The van der Waals surface area contributed by atoms with E-state index in [4.69, 9.17) is 9.47 Å². The predicted octanol–water partition coefficient (Wildman–Crippen LogP) is 0.0515. The van der Waals surface area contributed by atoms with Crippen LogP contribution in [0, 0.1) is 0 Å². The summed E-state index contributed by atoms with van der Waals surface area (Å²) in [6.45, 7) is 3.51. The monoisotopic (exact) mass is 294 g/mol. The zero-order valence-electron chi connectivity index (χ0n) is 12.1. The minimum Gasteiger partial charge on any atom is -0.383 e. The third-order valence-electron chi connectivity index (χ3n) is 3.14. The summed E-state index contributed by atoms with van der Waals surface area (Å²) in [5.41, 5.74) is 0. The van der Waals surface area contributed by atoms with Gasteiger partial charge in [0.15, 0.2) is 0 Å². The molecular weight excluding hydrogens is 268 g/mol. The molecule has 1 N–H and O–H groups in total. The van der Waals surface area contributed by atoms with E-state index in [2.05, 4.69) is 5.32 Å².